The Balaban J connectivity index is 1.40. The maximum absolute atomic E-state index is 13.0. The number of benzene rings is 2. The van der Waals surface area contributed by atoms with Crippen LogP contribution >= 0.6 is 11.3 Å². The van der Waals surface area contributed by atoms with E-state index in [0.717, 1.165) is 60.5 Å². The highest BCUT2D eigenvalue weighted by atomic mass is 32.1. The molecule has 2 aromatic heterocycles. The van der Waals surface area contributed by atoms with Crippen molar-refractivity contribution in [1.29, 1.82) is 0 Å². The zero-order chi connectivity index (χ0) is 28.5. The Bertz CT molecular complexity index is 1570. The quantitative estimate of drug-likeness (QED) is 0.233. The highest BCUT2D eigenvalue weighted by molar-refractivity contribution is 7.17. The summed E-state index contributed by atoms with van der Waals surface area (Å²) < 4.78 is 6.79. The van der Waals surface area contributed by atoms with Crippen molar-refractivity contribution in [3.63, 3.8) is 0 Å². The molecule has 0 bridgehead atoms. The lowest BCUT2D eigenvalue weighted by molar-refractivity contribution is -0.143. The van der Waals surface area contributed by atoms with Gasteiger partial charge in [0.2, 0.25) is 0 Å². The maximum atomic E-state index is 13.0. The summed E-state index contributed by atoms with van der Waals surface area (Å²) in [4.78, 5) is 20.3. The van der Waals surface area contributed by atoms with Gasteiger partial charge in [-0.1, -0.05) is 31.5 Å². The minimum Gasteiger partial charge on any atom is -0.466 e. The van der Waals surface area contributed by atoms with Crippen LogP contribution in [-0.2, 0) is 29.0 Å². The number of esters is 1. The van der Waals surface area contributed by atoms with Gasteiger partial charge >= 0.3 is 5.97 Å². The molecule has 0 saturated carbocycles. The van der Waals surface area contributed by atoms with Crippen molar-refractivity contribution >= 4 is 38.8 Å². The summed E-state index contributed by atoms with van der Waals surface area (Å²) in [6, 6.07) is 15.4. The number of pyridine rings is 1. The van der Waals surface area contributed by atoms with Crippen molar-refractivity contribution in [1.82, 2.24) is 15.4 Å². The number of thiophene rings is 1. The summed E-state index contributed by atoms with van der Waals surface area (Å²) in [6.45, 7) is 9.43. The second-order valence-corrected chi connectivity index (χ2v) is 12.2. The van der Waals surface area contributed by atoms with Gasteiger partial charge in [0, 0.05) is 43.5 Å². The Hall–Kier alpha value is -3.46. The van der Waals surface area contributed by atoms with Gasteiger partial charge in [-0.2, -0.15) is 0 Å². The summed E-state index contributed by atoms with van der Waals surface area (Å²) in [7, 11) is 1.99. The Morgan fingerprint density at radius 2 is 2.10 bits per heavy atom. The molecule has 2 aromatic carbocycles. The summed E-state index contributed by atoms with van der Waals surface area (Å²) in [5, 5.41) is 5.38. The van der Waals surface area contributed by atoms with E-state index >= 15 is 0 Å². The minimum atomic E-state index is -0.173. The topological polar surface area (TPSA) is 69.7 Å². The van der Waals surface area contributed by atoms with E-state index in [-0.39, 0.29) is 11.9 Å². The molecular formula is C33H39N5O2S. The molecule has 0 aliphatic carbocycles. The number of hydrogen-bond donors (Lipinski definition) is 2. The van der Waals surface area contributed by atoms with Crippen molar-refractivity contribution in [2.24, 2.45) is 5.92 Å². The molecule has 0 amide bonds. The number of carbonyl (C=O) groups excluding carboxylic acids is 1. The number of anilines is 2. The molecule has 0 spiro atoms. The number of fused-ring (bicyclic) bond motifs is 3. The first kappa shape index (κ1) is 27.7. The first-order chi connectivity index (χ1) is 19.9. The van der Waals surface area contributed by atoms with Crippen molar-refractivity contribution in [3.05, 3.63) is 87.6 Å². The smallest absolute Gasteiger partial charge is 0.306 e. The van der Waals surface area contributed by atoms with E-state index in [1.807, 2.05) is 25.2 Å². The van der Waals surface area contributed by atoms with E-state index in [1.54, 1.807) is 11.3 Å². The number of hydrazine groups is 2. The molecule has 2 aliphatic rings. The van der Waals surface area contributed by atoms with Gasteiger partial charge in [-0.15, -0.1) is 16.9 Å². The number of nitrogens with one attached hydrogen (secondary N) is 2. The second-order valence-electron chi connectivity index (χ2n) is 11.3. The van der Waals surface area contributed by atoms with E-state index in [0.29, 0.717) is 18.9 Å². The Morgan fingerprint density at radius 1 is 1.22 bits per heavy atom. The molecule has 2 aliphatic heterocycles. The predicted octanol–water partition coefficient (Wildman–Crippen LogP) is 6.56. The number of carbonyl (C=O) groups is 1. The van der Waals surface area contributed by atoms with Crippen LogP contribution in [0.3, 0.4) is 0 Å². The third-order valence-electron chi connectivity index (χ3n) is 8.65. The van der Waals surface area contributed by atoms with Gasteiger partial charge in [-0.3, -0.25) is 19.7 Å². The highest BCUT2D eigenvalue weighted by Gasteiger charge is 2.28. The molecule has 7 nitrogen and oxygen atoms in total. The molecule has 214 valence electrons. The number of rotatable bonds is 8. The molecule has 0 radical (unpaired) electrons. The molecule has 2 atom stereocenters. The normalized spacial score (nSPS) is 17.6. The molecule has 0 saturated heterocycles. The van der Waals surface area contributed by atoms with Crippen LogP contribution in [0, 0.1) is 12.8 Å². The third kappa shape index (κ3) is 5.56. The fourth-order valence-corrected chi connectivity index (χ4v) is 7.36. The first-order valence-electron chi connectivity index (χ1n) is 14.6. The van der Waals surface area contributed by atoms with Crippen LogP contribution in [0.5, 0.6) is 0 Å². The number of nitrogens with zero attached hydrogens (tertiary/aromatic N) is 3. The zero-order valence-corrected chi connectivity index (χ0v) is 25.2. The molecule has 0 fully saturated rings. The summed E-state index contributed by atoms with van der Waals surface area (Å²) >= 11 is 1.80. The van der Waals surface area contributed by atoms with E-state index in [9.17, 15) is 4.79 Å². The summed E-state index contributed by atoms with van der Waals surface area (Å²) in [5.41, 5.74) is 16.0. The van der Waals surface area contributed by atoms with E-state index in [2.05, 4.69) is 77.6 Å². The third-order valence-corrected chi connectivity index (χ3v) is 9.66. The number of aromatic nitrogens is 1. The lowest BCUT2D eigenvalue weighted by Gasteiger charge is -2.26. The van der Waals surface area contributed by atoms with Gasteiger partial charge in [0.25, 0.3) is 0 Å². The first-order valence-corrected chi connectivity index (χ1v) is 15.5. The Labute approximate surface area is 246 Å². The highest BCUT2D eigenvalue weighted by Crippen LogP contribution is 2.41. The van der Waals surface area contributed by atoms with Crippen LogP contribution in [-0.4, -0.2) is 36.1 Å². The summed E-state index contributed by atoms with van der Waals surface area (Å²) in [5.74, 6) is 0.311. The average molecular weight is 570 g/mol. The number of ether oxygens (including phenoxy) is 1. The molecule has 41 heavy (non-hydrogen) atoms. The SMILES string of the molecule is CCOC(=O)C[C@H](c1cc(CN2Cc3ncccc3C[C@H](CC)C2)c2sccc2c1)c1ccc2c(c1C)NNN2C. The van der Waals surface area contributed by atoms with Crippen LogP contribution in [0.25, 0.3) is 10.1 Å². The largest absolute Gasteiger partial charge is 0.466 e. The van der Waals surface area contributed by atoms with E-state index in [4.69, 9.17) is 9.72 Å². The summed E-state index contributed by atoms with van der Waals surface area (Å²) in [6.07, 6.45) is 4.45. The lowest BCUT2D eigenvalue weighted by atomic mass is 9.84. The molecule has 2 N–H and O–H groups in total. The van der Waals surface area contributed by atoms with Gasteiger partial charge in [0.05, 0.1) is 30.1 Å². The molecular weight excluding hydrogens is 530 g/mol. The van der Waals surface area contributed by atoms with Crippen LogP contribution in [0.1, 0.15) is 66.1 Å². The number of hydrogen-bond acceptors (Lipinski definition) is 8. The van der Waals surface area contributed by atoms with Gasteiger partial charge < -0.3 is 10.2 Å². The maximum Gasteiger partial charge on any atom is 0.306 e. The Morgan fingerprint density at radius 3 is 2.93 bits per heavy atom. The minimum absolute atomic E-state index is 0.120. The monoisotopic (exact) mass is 569 g/mol. The second kappa shape index (κ2) is 11.8. The van der Waals surface area contributed by atoms with Crippen molar-refractivity contribution in [2.75, 3.05) is 30.6 Å². The van der Waals surface area contributed by atoms with E-state index in [1.165, 1.54) is 26.9 Å². The predicted molar refractivity (Wildman–Crippen MR) is 167 cm³/mol. The van der Waals surface area contributed by atoms with Gasteiger partial charge in [-0.05, 0) is 89.0 Å². The Kier molecular flexibility index (Phi) is 7.97. The van der Waals surface area contributed by atoms with Gasteiger partial charge in [0.1, 0.15) is 0 Å². The van der Waals surface area contributed by atoms with Crippen molar-refractivity contribution in [3.8, 4) is 0 Å². The van der Waals surface area contributed by atoms with Gasteiger partial charge in [-0.25, -0.2) is 0 Å². The fourth-order valence-electron chi connectivity index (χ4n) is 6.47. The lowest BCUT2D eigenvalue weighted by Crippen LogP contribution is -2.31. The van der Waals surface area contributed by atoms with Crippen molar-refractivity contribution in [2.45, 2.75) is 59.0 Å². The van der Waals surface area contributed by atoms with Crippen LogP contribution in [0.4, 0.5) is 11.4 Å². The van der Waals surface area contributed by atoms with Crippen LogP contribution in [0.2, 0.25) is 0 Å². The molecule has 8 heteroatoms. The molecule has 6 rings (SSSR count). The fraction of sp³-hybridized carbons (Fsp3) is 0.394. The van der Waals surface area contributed by atoms with Crippen molar-refractivity contribution < 1.29 is 9.53 Å². The van der Waals surface area contributed by atoms with Gasteiger partial charge in [0.15, 0.2) is 0 Å². The standard InChI is InChI=1S/C33H39N5O2S/c1-5-22-14-23-8-7-12-34-29(23)20-38(18-22)19-26-16-25(15-24-11-13-41-33(24)26)28(17-31(39)40-6-2)27-9-10-30-32(21(27)3)35-36-37(30)4/h7-13,15-16,22,28,35-36H,5-6,14,17-20H2,1-4H3/t22-,28+/m0/s1. The average Bonchev–Trinajstić information content (AvgIpc) is 3.55. The molecule has 0 unspecified atom stereocenters. The van der Waals surface area contributed by atoms with Crippen LogP contribution < -0.4 is 16.0 Å². The van der Waals surface area contributed by atoms with Crippen LogP contribution in [0.15, 0.2) is 54.0 Å². The molecule has 4 aromatic rings. The zero-order valence-electron chi connectivity index (χ0n) is 24.4. The van der Waals surface area contributed by atoms with E-state index < -0.39 is 0 Å². The molecule has 4 heterocycles.